The van der Waals surface area contributed by atoms with Gasteiger partial charge in [-0.3, -0.25) is 0 Å². The molecule has 0 fully saturated rings. The van der Waals surface area contributed by atoms with Crippen LogP contribution in [0.2, 0.25) is 0 Å². The average molecular weight is 1230 g/mol. The first kappa shape index (κ1) is 56.1. The molecule has 0 bridgehead atoms. The minimum absolute atomic E-state index is 0.0154. The summed E-state index contributed by atoms with van der Waals surface area (Å²) in [4.78, 5) is 23.4. The standard InChI is InChI=1S/C88H60BN7/c1-59-49-52-78-74(55-59)75-58-70(93(66-35-12-4-13-36-66)67-37-14-5-15-38-67)50-53-79(75)96(78)84-71(43-26-44-73(84)88-91-86(60-27-8-2-9-28-60)90-87(92-88)61-29-10-3-11-30-61)64-33-24-31-62(56-64)63-32-25-34-65(57-63)72-51-54-82-83-85(72)95(69-41-18-7-19-42-69)81-48-23-21-46-77(81)89(83)76-45-20-22-47-80(76)94(82)68-39-16-6-17-40-68/h2-58H,1H3. The third-order valence-electron chi connectivity index (χ3n) is 19.0. The lowest BCUT2D eigenvalue weighted by atomic mass is 9.33. The van der Waals surface area contributed by atoms with Gasteiger partial charge in [0.05, 0.1) is 22.4 Å². The molecule has 0 N–H and O–H groups in total. The van der Waals surface area contributed by atoms with E-state index in [1.807, 2.05) is 36.4 Å². The summed E-state index contributed by atoms with van der Waals surface area (Å²) >= 11 is 0. The molecule has 0 spiro atoms. The monoisotopic (exact) mass is 1230 g/mol. The van der Waals surface area contributed by atoms with E-state index in [1.54, 1.807) is 0 Å². The maximum Gasteiger partial charge on any atom is 0.252 e. The predicted molar refractivity (Wildman–Crippen MR) is 400 cm³/mol. The second kappa shape index (κ2) is 23.5. The van der Waals surface area contributed by atoms with E-state index in [2.05, 4.69) is 336 Å². The normalized spacial score (nSPS) is 12.2. The van der Waals surface area contributed by atoms with Crippen LogP contribution in [0.25, 0.3) is 95.0 Å². The number of hydrogen-bond acceptors (Lipinski definition) is 6. The molecule has 0 aliphatic carbocycles. The lowest BCUT2D eigenvalue weighted by Crippen LogP contribution is -2.61. The zero-order chi connectivity index (χ0) is 63.6. The quantitative estimate of drug-likeness (QED) is 0.114. The highest BCUT2D eigenvalue weighted by Gasteiger charge is 2.44. The van der Waals surface area contributed by atoms with Crippen molar-refractivity contribution in [1.29, 1.82) is 0 Å². The highest BCUT2D eigenvalue weighted by atomic mass is 15.2. The van der Waals surface area contributed by atoms with E-state index in [1.165, 1.54) is 44.7 Å². The van der Waals surface area contributed by atoms with Crippen molar-refractivity contribution in [1.82, 2.24) is 19.5 Å². The molecule has 14 aromatic carbocycles. The van der Waals surface area contributed by atoms with E-state index in [4.69, 9.17) is 15.0 Å². The number of aromatic nitrogens is 4. The Bertz CT molecular complexity index is 5520. The Labute approximate surface area is 558 Å². The lowest BCUT2D eigenvalue weighted by molar-refractivity contribution is 1.06. The summed E-state index contributed by atoms with van der Waals surface area (Å²) in [5.74, 6) is 1.76. The zero-order valence-electron chi connectivity index (χ0n) is 52.6. The van der Waals surface area contributed by atoms with Crippen LogP contribution in [0.15, 0.2) is 346 Å². The van der Waals surface area contributed by atoms with Gasteiger partial charge in [0.2, 0.25) is 0 Å². The van der Waals surface area contributed by atoms with E-state index < -0.39 is 0 Å². The molecular weight excluding hydrogens is 1170 g/mol. The predicted octanol–water partition coefficient (Wildman–Crippen LogP) is 20.8. The second-order valence-electron chi connectivity index (χ2n) is 24.8. The maximum atomic E-state index is 5.46. The number of fused-ring (bicyclic) bond motifs is 7. The van der Waals surface area contributed by atoms with Gasteiger partial charge in [-0.05, 0) is 161 Å². The summed E-state index contributed by atoms with van der Waals surface area (Å²) in [5, 5.41) is 2.27. The Kier molecular flexibility index (Phi) is 13.7. The first-order valence-electron chi connectivity index (χ1n) is 32.8. The molecule has 0 unspecified atom stereocenters. The summed E-state index contributed by atoms with van der Waals surface area (Å²) < 4.78 is 2.46. The first-order chi connectivity index (χ1) is 47.6. The van der Waals surface area contributed by atoms with Crippen molar-refractivity contribution in [3.8, 4) is 73.2 Å². The van der Waals surface area contributed by atoms with Crippen molar-refractivity contribution in [2.24, 2.45) is 0 Å². The Hall–Kier alpha value is -12.6. The van der Waals surface area contributed by atoms with E-state index >= 15 is 0 Å². The van der Waals surface area contributed by atoms with E-state index in [0.29, 0.717) is 17.5 Å². The highest BCUT2D eigenvalue weighted by Crippen LogP contribution is 2.50. The molecule has 0 atom stereocenters. The zero-order valence-corrected chi connectivity index (χ0v) is 52.6. The van der Waals surface area contributed by atoms with Crippen molar-refractivity contribution < 1.29 is 0 Å². The molecule has 8 heteroatoms. The van der Waals surface area contributed by atoms with E-state index in [0.717, 1.165) is 106 Å². The lowest BCUT2D eigenvalue weighted by Gasteiger charge is -2.45. The van der Waals surface area contributed by atoms with Crippen molar-refractivity contribution in [3.05, 3.63) is 351 Å². The molecule has 2 aromatic heterocycles. The Balaban J connectivity index is 0.846. The fraction of sp³-hybridized carbons (Fsp3) is 0.0114. The van der Waals surface area contributed by atoms with Gasteiger partial charge in [-0.25, -0.2) is 15.0 Å². The third kappa shape index (κ3) is 9.56. The topological polar surface area (TPSA) is 53.3 Å². The molecule has 450 valence electrons. The average Bonchev–Trinajstić information content (AvgIpc) is 0.776. The summed E-state index contributed by atoms with van der Waals surface area (Å²) in [7, 11) is 0. The van der Waals surface area contributed by atoms with E-state index in [-0.39, 0.29) is 6.71 Å². The van der Waals surface area contributed by atoms with Crippen LogP contribution in [0, 0.1) is 6.92 Å². The van der Waals surface area contributed by atoms with Crippen LogP contribution in [0.1, 0.15) is 5.56 Å². The maximum absolute atomic E-state index is 5.46. The number of anilines is 9. The van der Waals surface area contributed by atoms with Gasteiger partial charge in [0.25, 0.3) is 6.71 Å². The third-order valence-corrected chi connectivity index (χ3v) is 19.0. The summed E-state index contributed by atoms with van der Waals surface area (Å²) in [6, 6.07) is 125. The molecule has 2 aliphatic heterocycles. The minimum atomic E-state index is -0.0154. The van der Waals surface area contributed by atoms with Crippen LogP contribution in [0.4, 0.5) is 51.2 Å². The number of nitrogens with zero attached hydrogens (tertiary/aromatic N) is 7. The van der Waals surface area contributed by atoms with Crippen molar-refractivity contribution in [2.75, 3.05) is 14.7 Å². The van der Waals surface area contributed by atoms with Gasteiger partial charge in [-0.1, -0.05) is 236 Å². The fourth-order valence-corrected chi connectivity index (χ4v) is 14.8. The first-order valence-corrected chi connectivity index (χ1v) is 32.8. The van der Waals surface area contributed by atoms with E-state index in [9.17, 15) is 0 Å². The Morgan fingerprint density at radius 3 is 1.31 bits per heavy atom. The summed E-state index contributed by atoms with van der Waals surface area (Å²) in [6.45, 7) is 2.17. The number of rotatable bonds is 12. The van der Waals surface area contributed by atoms with Crippen LogP contribution in [0.5, 0.6) is 0 Å². The molecule has 0 saturated heterocycles. The van der Waals surface area contributed by atoms with Gasteiger partial charge in [0, 0.05) is 84.1 Å². The molecule has 16 aromatic rings. The molecule has 2 aliphatic rings. The molecule has 96 heavy (non-hydrogen) atoms. The van der Waals surface area contributed by atoms with Gasteiger partial charge >= 0.3 is 0 Å². The van der Waals surface area contributed by atoms with Gasteiger partial charge in [0.1, 0.15) is 0 Å². The van der Waals surface area contributed by atoms with Crippen LogP contribution < -0.4 is 31.1 Å². The smallest absolute Gasteiger partial charge is 0.252 e. The van der Waals surface area contributed by atoms with Crippen LogP contribution in [-0.4, -0.2) is 26.2 Å². The number of aryl methyl sites for hydroxylation is 1. The van der Waals surface area contributed by atoms with Crippen LogP contribution in [0.3, 0.4) is 0 Å². The highest BCUT2D eigenvalue weighted by molar-refractivity contribution is 7.00. The molecule has 0 amide bonds. The van der Waals surface area contributed by atoms with Gasteiger partial charge < -0.3 is 19.3 Å². The molecule has 7 nitrogen and oxygen atoms in total. The number of benzene rings is 14. The molecule has 0 radical (unpaired) electrons. The SMILES string of the molecule is Cc1ccc2c(c1)c1cc(N(c3ccccc3)c3ccccc3)ccc1n2-c1c(-c2cccc(-c3cccc(-c4ccc5c6c4N(c4ccccc4)c4ccccc4B6c4ccccc4N5c4ccccc4)c3)c2)cccc1-c1nc(-c2ccccc2)nc(-c2ccccc2)n1. The molecule has 0 saturated carbocycles. The van der Waals surface area contributed by atoms with Gasteiger partial charge in [0.15, 0.2) is 17.5 Å². The second-order valence-corrected chi connectivity index (χ2v) is 24.8. The Morgan fingerprint density at radius 2 is 0.729 bits per heavy atom. The molecule has 4 heterocycles. The number of hydrogen-bond donors (Lipinski definition) is 0. The van der Waals surface area contributed by atoms with Crippen LogP contribution >= 0.6 is 0 Å². The van der Waals surface area contributed by atoms with Gasteiger partial charge in [-0.2, -0.15) is 0 Å². The molecule has 18 rings (SSSR count). The summed E-state index contributed by atoms with van der Waals surface area (Å²) in [6.07, 6.45) is 0. The number of para-hydroxylation sites is 7. The Morgan fingerprint density at radius 1 is 0.292 bits per heavy atom. The van der Waals surface area contributed by atoms with Crippen molar-refractivity contribution in [3.63, 3.8) is 0 Å². The van der Waals surface area contributed by atoms with Crippen LogP contribution in [-0.2, 0) is 0 Å². The van der Waals surface area contributed by atoms with Crippen molar-refractivity contribution >= 4 is 96.1 Å². The summed E-state index contributed by atoms with van der Waals surface area (Å²) in [5.41, 5.74) is 27.5. The van der Waals surface area contributed by atoms with Gasteiger partial charge in [-0.15, -0.1) is 0 Å². The fourth-order valence-electron chi connectivity index (χ4n) is 14.8. The van der Waals surface area contributed by atoms with Crippen molar-refractivity contribution in [2.45, 2.75) is 6.92 Å². The molecular formula is C88H60BN7. The largest absolute Gasteiger partial charge is 0.311 e. The minimum Gasteiger partial charge on any atom is -0.311 e.